The number of amidine groups is 1. The van der Waals surface area contributed by atoms with Crippen LogP contribution in [0.4, 0.5) is 11.4 Å². The van der Waals surface area contributed by atoms with Crippen LogP contribution in [0, 0.1) is 11.3 Å². The summed E-state index contributed by atoms with van der Waals surface area (Å²) < 4.78 is 0. The van der Waals surface area contributed by atoms with Crippen LogP contribution in [0.3, 0.4) is 0 Å². The van der Waals surface area contributed by atoms with Gasteiger partial charge in [-0.3, -0.25) is 0 Å². The highest BCUT2D eigenvalue weighted by molar-refractivity contribution is 6.21. The Labute approximate surface area is 273 Å². The number of aliphatic imine (C=N–C) groups is 1. The second-order valence-corrected chi connectivity index (χ2v) is 11.6. The molecule has 0 atom stereocenters. The molecule has 0 fully saturated rings. The third kappa shape index (κ3) is 5.39. The van der Waals surface area contributed by atoms with Gasteiger partial charge < -0.3 is 5.32 Å². The number of anilines is 1. The summed E-state index contributed by atoms with van der Waals surface area (Å²) in [6, 6.07) is 61.0. The van der Waals surface area contributed by atoms with Crippen molar-refractivity contribution in [2.24, 2.45) is 4.99 Å². The molecule has 0 spiro atoms. The molecule has 0 amide bonds. The van der Waals surface area contributed by atoms with Crippen molar-refractivity contribution in [1.82, 2.24) is 0 Å². The van der Waals surface area contributed by atoms with Gasteiger partial charge in [0.25, 0.3) is 0 Å². The van der Waals surface area contributed by atoms with Crippen LogP contribution in [0.1, 0.15) is 11.1 Å². The van der Waals surface area contributed by atoms with Crippen LogP contribution in [0.25, 0.3) is 54.6 Å². The van der Waals surface area contributed by atoms with Gasteiger partial charge in [-0.25, -0.2) is 4.99 Å². The fourth-order valence-electron chi connectivity index (χ4n) is 6.49. The van der Waals surface area contributed by atoms with Gasteiger partial charge in [-0.15, -0.1) is 0 Å². The van der Waals surface area contributed by atoms with Crippen molar-refractivity contribution in [3.05, 3.63) is 181 Å². The molecule has 220 valence electrons. The number of benzene rings is 8. The van der Waals surface area contributed by atoms with E-state index in [-0.39, 0.29) is 0 Å². The zero-order valence-electron chi connectivity index (χ0n) is 25.6. The van der Waals surface area contributed by atoms with Crippen LogP contribution in [0.5, 0.6) is 0 Å². The van der Waals surface area contributed by atoms with Gasteiger partial charge in [-0.1, -0.05) is 133 Å². The zero-order valence-corrected chi connectivity index (χ0v) is 25.6. The maximum Gasteiger partial charge on any atom is 0.138 e. The minimum Gasteiger partial charge on any atom is -0.340 e. The molecule has 1 N–H and O–H groups in total. The van der Waals surface area contributed by atoms with E-state index >= 15 is 0 Å². The van der Waals surface area contributed by atoms with E-state index in [9.17, 15) is 5.26 Å². The molecule has 0 heterocycles. The zero-order chi connectivity index (χ0) is 31.6. The Morgan fingerprint density at radius 2 is 1.06 bits per heavy atom. The van der Waals surface area contributed by atoms with Gasteiger partial charge in [-0.05, 0) is 91.0 Å². The summed E-state index contributed by atoms with van der Waals surface area (Å²) in [7, 11) is 0. The van der Waals surface area contributed by atoms with E-state index in [4.69, 9.17) is 4.99 Å². The Morgan fingerprint density at radius 1 is 0.489 bits per heavy atom. The molecular formula is C44H29N3. The molecule has 8 aromatic rings. The van der Waals surface area contributed by atoms with Crippen LogP contribution >= 0.6 is 0 Å². The summed E-state index contributed by atoms with van der Waals surface area (Å²) in [4.78, 5) is 4.91. The van der Waals surface area contributed by atoms with Crippen LogP contribution in [0.2, 0.25) is 0 Å². The first-order valence-corrected chi connectivity index (χ1v) is 15.7. The standard InChI is InChI=1S/C44H29N3/c45-29-30-11-10-16-37(27-30)47-44(33-13-2-1-3-14-33)46-36-25-23-32(24-26-36)42-38-17-6-8-19-40(38)43(41-20-9-7-18-39(41)42)35-22-21-31-12-4-5-15-34(31)28-35/h1-28H,(H,46,47). The van der Waals surface area contributed by atoms with E-state index in [1.54, 1.807) is 12.1 Å². The number of nitrogens with one attached hydrogen (secondary N) is 1. The molecule has 0 aliphatic heterocycles. The van der Waals surface area contributed by atoms with E-state index in [1.165, 1.54) is 49.0 Å². The number of fused-ring (bicyclic) bond motifs is 3. The lowest BCUT2D eigenvalue weighted by atomic mass is 9.85. The number of rotatable bonds is 5. The Hall–Kier alpha value is -6.50. The summed E-state index contributed by atoms with van der Waals surface area (Å²) in [6.07, 6.45) is 0. The van der Waals surface area contributed by atoms with E-state index in [0.29, 0.717) is 11.4 Å². The fourth-order valence-corrected chi connectivity index (χ4v) is 6.49. The van der Waals surface area contributed by atoms with Crippen molar-refractivity contribution in [2.45, 2.75) is 0 Å². The first-order chi connectivity index (χ1) is 23.2. The van der Waals surface area contributed by atoms with Gasteiger partial charge in [0, 0.05) is 11.3 Å². The summed E-state index contributed by atoms with van der Waals surface area (Å²) >= 11 is 0. The lowest BCUT2D eigenvalue weighted by molar-refractivity contribution is 1.43. The highest BCUT2D eigenvalue weighted by Crippen LogP contribution is 2.44. The molecule has 0 saturated heterocycles. The summed E-state index contributed by atoms with van der Waals surface area (Å²) in [5.74, 6) is 0.712. The topological polar surface area (TPSA) is 48.2 Å². The normalized spacial score (nSPS) is 11.5. The van der Waals surface area contributed by atoms with Crippen molar-refractivity contribution < 1.29 is 0 Å². The second-order valence-electron chi connectivity index (χ2n) is 11.6. The van der Waals surface area contributed by atoms with Crippen molar-refractivity contribution in [3.63, 3.8) is 0 Å². The van der Waals surface area contributed by atoms with Gasteiger partial charge in [0.1, 0.15) is 5.84 Å². The van der Waals surface area contributed by atoms with Crippen LogP contribution in [0.15, 0.2) is 175 Å². The van der Waals surface area contributed by atoms with Crippen LogP contribution in [-0.2, 0) is 0 Å². The van der Waals surface area contributed by atoms with E-state index in [1.807, 2.05) is 42.5 Å². The Kier molecular flexibility index (Phi) is 7.22. The average molecular weight is 600 g/mol. The fraction of sp³-hybridized carbons (Fsp3) is 0. The number of nitrogens with zero attached hydrogens (tertiary/aromatic N) is 2. The number of hydrogen-bond acceptors (Lipinski definition) is 2. The second kappa shape index (κ2) is 12.1. The first-order valence-electron chi connectivity index (χ1n) is 15.7. The molecule has 0 unspecified atom stereocenters. The van der Waals surface area contributed by atoms with Gasteiger partial charge in [0.05, 0.1) is 17.3 Å². The number of nitriles is 1. The van der Waals surface area contributed by atoms with E-state index in [2.05, 4.69) is 127 Å². The van der Waals surface area contributed by atoms with Gasteiger partial charge >= 0.3 is 0 Å². The molecule has 3 nitrogen and oxygen atoms in total. The third-order valence-electron chi connectivity index (χ3n) is 8.67. The SMILES string of the molecule is N#Cc1cccc(N=C(Nc2ccc(-c3c4ccccc4c(-c4ccc5ccccc5c4)c4ccccc34)cc2)c2ccccc2)c1. The summed E-state index contributed by atoms with van der Waals surface area (Å²) in [6.45, 7) is 0. The van der Waals surface area contributed by atoms with Gasteiger partial charge in [-0.2, -0.15) is 5.26 Å². The molecule has 0 saturated carbocycles. The molecular weight excluding hydrogens is 571 g/mol. The van der Waals surface area contributed by atoms with E-state index < -0.39 is 0 Å². The predicted octanol–water partition coefficient (Wildman–Crippen LogP) is 11.5. The lowest BCUT2D eigenvalue weighted by Crippen LogP contribution is -2.13. The van der Waals surface area contributed by atoms with Crippen molar-refractivity contribution in [2.75, 3.05) is 5.32 Å². The third-order valence-corrected chi connectivity index (χ3v) is 8.67. The smallest absolute Gasteiger partial charge is 0.138 e. The molecule has 47 heavy (non-hydrogen) atoms. The maximum atomic E-state index is 9.40. The Balaban J connectivity index is 1.23. The highest BCUT2D eigenvalue weighted by Gasteiger charge is 2.17. The maximum absolute atomic E-state index is 9.40. The molecule has 3 heteroatoms. The minimum absolute atomic E-state index is 0.578. The molecule has 0 radical (unpaired) electrons. The predicted molar refractivity (Wildman–Crippen MR) is 197 cm³/mol. The molecule has 8 aromatic carbocycles. The monoisotopic (exact) mass is 599 g/mol. The lowest BCUT2D eigenvalue weighted by Gasteiger charge is -2.18. The van der Waals surface area contributed by atoms with Crippen molar-refractivity contribution in [3.8, 4) is 28.3 Å². The highest BCUT2D eigenvalue weighted by atomic mass is 15.0. The van der Waals surface area contributed by atoms with Crippen molar-refractivity contribution >= 4 is 49.5 Å². The van der Waals surface area contributed by atoms with Crippen LogP contribution in [-0.4, -0.2) is 5.84 Å². The number of hydrogen-bond donors (Lipinski definition) is 1. The van der Waals surface area contributed by atoms with Crippen LogP contribution < -0.4 is 5.32 Å². The molecule has 0 aliphatic carbocycles. The van der Waals surface area contributed by atoms with E-state index in [0.717, 1.165) is 22.5 Å². The largest absolute Gasteiger partial charge is 0.340 e. The molecule has 8 rings (SSSR count). The average Bonchev–Trinajstić information content (AvgIpc) is 3.14. The molecule has 0 aromatic heterocycles. The molecule has 0 bridgehead atoms. The minimum atomic E-state index is 0.578. The Bertz CT molecular complexity index is 2430. The van der Waals surface area contributed by atoms with Gasteiger partial charge in [0.2, 0.25) is 0 Å². The van der Waals surface area contributed by atoms with Crippen molar-refractivity contribution in [1.29, 1.82) is 5.26 Å². The summed E-state index contributed by atoms with van der Waals surface area (Å²) in [5.41, 5.74) is 8.02. The summed E-state index contributed by atoms with van der Waals surface area (Å²) in [5, 5.41) is 20.3. The van der Waals surface area contributed by atoms with Gasteiger partial charge in [0.15, 0.2) is 0 Å². The Morgan fingerprint density at radius 3 is 1.72 bits per heavy atom. The molecule has 0 aliphatic rings. The first kappa shape index (κ1) is 28.0. The quantitative estimate of drug-likeness (QED) is 0.122.